The topological polar surface area (TPSA) is 217 Å². The number of amides is 5. The summed E-state index contributed by atoms with van der Waals surface area (Å²) in [5.41, 5.74) is 10.5. The van der Waals surface area contributed by atoms with E-state index in [1.807, 2.05) is 42.2 Å². The number of aromatic nitrogens is 2. The maximum atomic E-state index is 13.3. The lowest BCUT2D eigenvalue weighted by Crippen LogP contribution is -2.54. The molecule has 5 aliphatic heterocycles. The average Bonchev–Trinajstić information content (AvgIpc) is 3.64. The van der Waals surface area contributed by atoms with Crippen LogP contribution in [0.2, 0.25) is 0 Å². The first-order valence-electron chi connectivity index (χ1n) is 22.4. The second-order valence-electron chi connectivity index (χ2n) is 16.9. The number of hydrogen-bond acceptors (Lipinski definition) is 14. The summed E-state index contributed by atoms with van der Waals surface area (Å²) in [7, 11) is 1.66. The van der Waals surface area contributed by atoms with Crippen LogP contribution in [0.15, 0.2) is 36.4 Å². The summed E-state index contributed by atoms with van der Waals surface area (Å²) in [6.45, 7) is 9.04. The van der Waals surface area contributed by atoms with Gasteiger partial charge in [0, 0.05) is 119 Å². The number of nitrogens with two attached hydrogens (primary N) is 1. The summed E-state index contributed by atoms with van der Waals surface area (Å²) in [4.78, 5) is 80.9. The number of fused-ring (bicyclic) bond motifs is 1. The minimum atomic E-state index is -0.661. The molecule has 63 heavy (non-hydrogen) atoms. The quantitative estimate of drug-likeness (QED) is 0.110. The highest BCUT2D eigenvalue weighted by Gasteiger charge is 2.40. The number of methoxy groups -OCH3 is 1. The Bertz CT molecular complexity index is 2200. The predicted molar refractivity (Wildman–Crippen MR) is 237 cm³/mol. The molecule has 18 heteroatoms. The Hall–Kier alpha value is -6.01. The van der Waals surface area contributed by atoms with Gasteiger partial charge in [-0.2, -0.15) is 0 Å². The number of primary amides is 1. The number of hydrogen-bond donors (Lipinski definition) is 5. The smallest absolute Gasteiger partial charge is 0.271 e. The molecule has 1 atom stereocenters. The number of nitrogens with one attached hydrogen (secondary N) is 4. The van der Waals surface area contributed by atoms with Crippen molar-refractivity contribution in [1.82, 2.24) is 30.0 Å². The normalized spacial score (nSPS) is 20.1. The van der Waals surface area contributed by atoms with E-state index in [9.17, 15) is 24.0 Å². The van der Waals surface area contributed by atoms with Crippen molar-refractivity contribution in [2.75, 3.05) is 87.0 Å². The van der Waals surface area contributed by atoms with Crippen LogP contribution in [0.4, 0.5) is 28.7 Å². The van der Waals surface area contributed by atoms with Crippen LogP contribution in [0.1, 0.15) is 90.4 Å². The number of aryl methyl sites for hydroxylation is 1. The Labute approximate surface area is 367 Å². The van der Waals surface area contributed by atoms with E-state index in [0.717, 1.165) is 68.8 Å². The molecule has 8 rings (SSSR count). The number of carbonyl (C=O) groups is 5. The highest BCUT2D eigenvalue weighted by atomic mass is 16.5. The number of piperidine rings is 2. The maximum absolute atomic E-state index is 13.3. The van der Waals surface area contributed by atoms with Gasteiger partial charge >= 0.3 is 0 Å². The average molecular weight is 866 g/mol. The molecule has 6 N–H and O–H groups in total. The summed E-state index contributed by atoms with van der Waals surface area (Å²) < 4.78 is 11.4. The van der Waals surface area contributed by atoms with Crippen molar-refractivity contribution in [3.63, 3.8) is 0 Å². The zero-order chi connectivity index (χ0) is 44.0. The molecule has 1 unspecified atom stereocenters. The van der Waals surface area contributed by atoms with Gasteiger partial charge in [-0.15, -0.1) is 0 Å². The van der Waals surface area contributed by atoms with Crippen LogP contribution < -0.4 is 36.6 Å². The summed E-state index contributed by atoms with van der Waals surface area (Å²) in [6, 6.07) is 11.4. The van der Waals surface area contributed by atoms with E-state index >= 15 is 0 Å². The van der Waals surface area contributed by atoms with Crippen molar-refractivity contribution in [2.45, 2.75) is 89.4 Å². The first-order valence-corrected chi connectivity index (χ1v) is 22.4. The minimum Gasteiger partial charge on any atom is -0.495 e. The first-order chi connectivity index (χ1) is 30.6. The molecule has 1 aromatic heterocycles. The molecule has 4 saturated heterocycles. The summed E-state index contributed by atoms with van der Waals surface area (Å²) >= 11 is 0. The van der Waals surface area contributed by atoms with Crippen LogP contribution in [0.5, 0.6) is 5.75 Å². The van der Waals surface area contributed by atoms with Crippen molar-refractivity contribution in [3.8, 4) is 5.75 Å². The molecule has 5 amide bonds. The largest absolute Gasteiger partial charge is 0.495 e. The second-order valence-corrected chi connectivity index (χ2v) is 16.9. The molecule has 336 valence electrons. The molecule has 5 aliphatic rings. The number of anilines is 5. The van der Waals surface area contributed by atoms with Crippen molar-refractivity contribution < 1.29 is 33.4 Å². The van der Waals surface area contributed by atoms with Crippen molar-refractivity contribution in [2.24, 2.45) is 5.73 Å². The van der Waals surface area contributed by atoms with E-state index in [2.05, 4.69) is 36.1 Å². The number of nitrogens with zero attached hydrogens (tertiary/aromatic N) is 6. The Morgan fingerprint density at radius 1 is 0.952 bits per heavy atom. The molecule has 0 spiro atoms. The molecular weight excluding hydrogens is 807 g/mol. The predicted octanol–water partition coefficient (Wildman–Crippen LogP) is 3.25. The van der Waals surface area contributed by atoms with Gasteiger partial charge in [0.2, 0.25) is 17.7 Å². The van der Waals surface area contributed by atoms with Crippen LogP contribution in [0.25, 0.3) is 0 Å². The SMILES string of the molecule is CCc1nc(C(N)=O)c(Nc2ccc(N3CCC(N4CCN(C(=O)CCCNc5cccc6c5CN(C5CCC(=O)NC5=O)C6=O)CC4)CC3)c(OC)c2)nc1NC1CCOCC1. The lowest BCUT2D eigenvalue weighted by atomic mass is 10.0. The highest BCUT2D eigenvalue weighted by molar-refractivity contribution is 6.06. The molecule has 0 aliphatic carbocycles. The molecule has 0 saturated carbocycles. The summed E-state index contributed by atoms with van der Waals surface area (Å²) in [5.74, 6) is 0.185. The Balaban J connectivity index is 0.789. The Morgan fingerprint density at radius 2 is 1.73 bits per heavy atom. The third-order valence-electron chi connectivity index (χ3n) is 13.0. The van der Waals surface area contributed by atoms with Gasteiger partial charge in [-0.3, -0.25) is 34.2 Å². The van der Waals surface area contributed by atoms with Crippen molar-refractivity contribution in [1.29, 1.82) is 0 Å². The molecular formula is C45H59N11O7. The summed E-state index contributed by atoms with van der Waals surface area (Å²) in [6.07, 6.45) is 5.92. The van der Waals surface area contributed by atoms with Gasteiger partial charge in [0.05, 0.1) is 18.5 Å². The van der Waals surface area contributed by atoms with E-state index in [0.29, 0.717) is 99.6 Å². The molecule has 0 bridgehead atoms. The highest BCUT2D eigenvalue weighted by Crippen LogP contribution is 2.36. The zero-order valence-electron chi connectivity index (χ0n) is 36.2. The van der Waals surface area contributed by atoms with Gasteiger partial charge in [-0.05, 0) is 69.2 Å². The van der Waals surface area contributed by atoms with Gasteiger partial charge in [0.25, 0.3) is 11.8 Å². The van der Waals surface area contributed by atoms with E-state index in [1.54, 1.807) is 18.1 Å². The molecule has 3 aromatic rings. The molecule has 2 aromatic carbocycles. The number of benzene rings is 2. The molecule has 0 radical (unpaired) electrons. The van der Waals surface area contributed by atoms with E-state index < -0.39 is 17.9 Å². The number of rotatable bonds is 15. The monoisotopic (exact) mass is 865 g/mol. The number of imide groups is 1. The molecule has 6 heterocycles. The van der Waals surface area contributed by atoms with Crippen molar-refractivity contribution >= 4 is 58.2 Å². The van der Waals surface area contributed by atoms with Crippen LogP contribution in [-0.4, -0.2) is 138 Å². The fourth-order valence-electron chi connectivity index (χ4n) is 9.46. The van der Waals surface area contributed by atoms with E-state index in [-0.39, 0.29) is 41.7 Å². The minimum absolute atomic E-state index is 0.0860. The number of carbonyl (C=O) groups excluding carboxylic acids is 5. The van der Waals surface area contributed by atoms with E-state index in [4.69, 9.17) is 20.2 Å². The second kappa shape index (κ2) is 19.6. The third-order valence-corrected chi connectivity index (χ3v) is 13.0. The van der Waals surface area contributed by atoms with Gasteiger partial charge in [-0.1, -0.05) is 13.0 Å². The Morgan fingerprint density at radius 3 is 2.44 bits per heavy atom. The van der Waals surface area contributed by atoms with Gasteiger partial charge in [0.1, 0.15) is 11.8 Å². The van der Waals surface area contributed by atoms with Crippen LogP contribution in [0.3, 0.4) is 0 Å². The van der Waals surface area contributed by atoms with Crippen LogP contribution in [0, 0.1) is 0 Å². The number of piperazine rings is 1. The molecule has 18 nitrogen and oxygen atoms in total. The van der Waals surface area contributed by atoms with Gasteiger partial charge in [-0.25, -0.2) is 9.97 Å². The third kappa shape index (κ3) is 9.81. The van der Waals surface area contributed by atoms with Gasteiger partial charge < -0.3 is 45.9 Å². The fraction of sp³-hybridized carbons (Fsp3) is 0.533. The van der Waals surface area contributed by atoms with E-state index in [1.165, 1.54) is 0 Å². The summed E-state index contributed by atoms with van der Waals surface area (Å²) in [5, 5.41) is 12.6. The fourth-order valence-corrected chi connectivity index (χ4v) is 9.46. The number of ether oxygens (including phenoxy) is 2. The lowest BCUT2D eigenvalue weighted by molar-refractivity contribution is -0.137. The Kier molecular flexibility index (Phi) is 13.6. The lowest BCUT2D eigenvalue weighted by Gasteiger charge is -2.43. The molecule has 4 fully saturated rings. The maximum Gasteiger partial charge on any atom is 0.271 e. The van der Waals surface area contributed by atoms with Crippen LogP contribution >= 0.6 is 0 Å². The first kappa shape index (κ1) is 43.6. The zero-order valence-corrected chi connectivity index (χ0v) is 36.2. The van der Waals surface area contributed by atoms with Gasteiger partial charge in [0.15, 0.2) is 17.3 Å². The van der Waals surface area contributed by atoms with Crippen LogP contribution in [-0.2, 0) is 32.1 Å². The standard InChI is InChI=1S/C45H59N11O7/c1-3-33-42(48-28-15-24-63-25-16-28)52-43(40(50-33)41(46)59)49-29-9-10-35(37(26-29)62-2)54-18-13-30(14-19-54)53-20-22-55(23-21-53)39(58)8-5-17-47-34-7-4-6-31-32(34)27-56(45(31)61)36-11-12-38(57)51-44(36)60/h4,6-7,9-10,26,28,30,36,47H,3,5,8,11-25,27H2,1-2H3,(H2,46,59)(H2,48,49,52)(H,51,57,60). The van der Waals surface area contributed by atoms with Crippen molar-refractivity contribution in [3.05, 3.63) is 58.9 Å².